The second kappa shape index (κ2) is 9.36. The molecule has 0 fully saturated rings. The Morgan fingerprint density at radius 2 is 1.84 bits per heavy atom. The topological polar surface area (TPSA) is 46.9 Å². The Morgan fingerprint density at radius 1 is 1.20 bits per heavy atom. The predicted octanol–water partition coefficient (Wildman–Crippen LogP) is 4.97. The number of rotatable bonds is 8. The number of amides is 1. The first-order valence-corrected chi connectivity index (χ1v) is 10.1. The Balaban J connectivity index is 1.92. The van der Waals surface area contributed by atoms with E-state index in [2.05, 4.69) is 78.0 Å². The molecule has 0 saturated carbocycles. The summed E-state index contributed by atoms with van der Waals surface area (Å²) >= 11 is 2.26. The highest BCUT2D eigenvalue weighted by Crippen LogP contribution is 2.22. The summed E-state index contributed by atoms with van der Waals surface area (Å²) in [5.74, 6) is 0.644. The lowest BCUT2D eigenvalue weighted by Gasteiger charge is -2.19. The lowest BCUT2D eigenvalue weighted by molar-refractivity contribution is -0.122. The van der Waals surface area contributed by atoms with Gasteiger partial charge in [0.1, 0.15) is 0 Å². The van der Waals surface area contributed by atoms with E-state index in [1.807, 2.05) is 17.8 Å². The first kappa shape index (κ1) is 19.9. The maximum Gasteiger partial charge on any atom is 0.222 e. The maximum atomic E-state index is 12.3. The summed E-state index contributed by atoms with van der Waals surface area (Å²) in [4.78, 5) is 12.3. The Labute approximate surface area is 164 Å². The highest BCUT2D eigenvalue weighted by Gasteiger charge is 2.14. The van der Waals surface area contributed by atoms with Crippen molar-refractivity contribution >= 4 is 28.5 Å². The number of hydrogen-bond donors (Lipinski definition) is 1. The maximum absolute atomic E-state index is 12.3. The lowest BCUT2D eigenvalue weighted by atomic mass is 9.95. The summed E-state index contributed by atoms with van der Waals surface area (Å²) in [5, 5.41) is 7.56. The van der Waals surface area contributed by atoms with Crippen LogP contribution in [0.25, 0.3) is 0 Å². The van der Waals surface area contributed by atoms with Crippen molar-refractivity contribution < 1.29 is 4.79 Å². The SMILES string of the molecule is CCC(C)c1ccc(C(CC)NC(=O)CCn2cc(I)c(C)n2)cc1. The van der Waals surface area contributed by atoms with Gasteiger partial charge >= 0.3 is 0 Å². The summed E-state index contributed by atoms with van der Waals surface area (Å²) in [5.41, 5.74) is 3.54. The molecule has 0 aliphatic heterocycles. The summed E-state index contributed by atoms with van der Waals surface area (Å²) < 4.78 is 2.98. The average molecular weight is 453 g/mol. The van der Waals surface area contributed by atoms with Crippen molar-refractivity contribution in [1.29, 1.82) is 0 Å². The molecule has 5 heteroatoms. The number of nitrogens with zero attached hydrogens (tertiary/aromatic N) is 2. The van der Waals surface area contributed by atoms with Crippen LogP contribution in [-0.2, 0) is 11.3 Å². The van der Waals surface area contributed by atoms with E-state index in [-0.39, 0.29) is 11.9 Å². The molecule has 1 amide bonds. The molecule has 1 aromatic carbocycles. The minimum absolute atomic E-state index is 0.0676. The van der Waals surface area contributed by atoms with Gasteiger partial charge in [0.25, 0.3) is 0 Å². The molecule has 0 radical (unpaired) electrons. The first-order valence-electron chi connectivity index (χ1n) is 9.03. The van der Waals surface area contributed by atoms with Gasteiger partial charge in [0, 0.05) is 19.2 Å². The predicted molar refractivity (Wildman–Crippen MR) is 111 cm³/mol. The molecule has 0 saturated heterocycles. The second-order valence-corrected chi connectivity index (χ2v) is 7.74. The molecule has 0 spiro atoms. The van der Waals surface area contributed by atoms with Crippen LogP contribution in [0, 0.1) is 10.5 Å². The minimum atomic E-state index is 0.0676. The molecule has 2 rings (SSSR count). The Bertz CT molecular complexity index is 674. The largest absolute Gasteiger partial charge is 0.349 e. The quantitative estimate of drug-likeness (QED) is 0.574. The Hall–Kier alpha value is -1.37. The molecule has 4 nitrogen and oxygen atoms in total. The highest BCUT2D eigenvalue weighted by molar-refractivity contribution is 14.1. The van der Waals surface area contributed by atoms with Crippen LogP contribution in [0.2, 0.25) is 0 Å². The van der Waals surface area contributed by atoms with E-state index in [1.54, 1.807) is 0 Å². The van der Waals surface area contributed by atoms with Crippen molar-refractivity contribution in [3.8, 4) is 0 Å². The molecule has 0 bridgehead atoms. The standard InChI is InChI=1S/C20H28IN3O/c1-5-14(3)16-7-9-17(10-8-16)19(6-2)22-20(25)11-12-24-13-18(21)15(4)23-24/h7-10,13-14,19H,5-6,11-12H2,1-4H3,(H,22,25). The summed E-state index contributed by atoms with van der Waals surface area (Å²) in [6.45, 7) is 9.14. The molecule has 2 atom stereocenters. The average Bonchev–Trinajstić information content (AvgIpc) is 2.95. The molecule has 136 valence electrons. The number of aromatic nitrogens is 2. The van der Waals surface area contributed by atoms with Gasteiger partial charge in [-0.3, -0.25) is 9.48 Å². The monoisotopic (exact) mass is 453 g/mol. The zero-order chi connectivity index (χ0) is 18.4. The fourth-order valence-electron chi connectivity index (χ4n) is 2.80. The van der Waals surface area contributed by atoms with E-state index < -0.39 is 0 Å². The van der Waals surface area contributed by atoms with Crippen molar-refractivity contribution in [3.05, 3.63) is 50.9 Å². The molecule has 0 aliphatic rings. The van der Waals surface area contributed by atoms with E-state index >= 15 is 0 Å². The van der Waals surface area contributed by atoms with Crippen molar-refractivity contribution in [2.45, 2.75) is 65.5 Å². The smallest absolute Gasteiger partial charge is 0.222 e. The summed E-state index contributed by atoms with van der Waals surface area (Å²) in [7, 11) is 0. The normalized spacial score (nSPS) is 13.5. The Morgan fingerprint density at radius 3 is 2.36 bits per heavy atom. The molecular formula is C20H28IN3O. The van der Waals surface area contributed by atoms with Crippen LogP contribution >= 0.6 is 22.6 Å². The minimum Gasteiger partial charge on any atom is -0.349 e. The van der Waals surface area contributed by atoms with Crippen LogP contribution in [0.4, 0.5) is 0 Å². The number of halogens is 1. The van der Waals surface area contributed by atoms with E-state index in [0.29, 0.717) is 18.9 Å². The molecular weight excluding hydrogens is 425 g/mol. The van der Waals surface area contributed by atoms with E-state index in [0.717, 1.165) is 22.1 Å². The van der Waals surface area contributed by atoms with Crippen molar-refractivity contribution in [3.63, 3.8) is 0 Å². The van der Waals surface area contributed by atoms with Gasteiger partial charge in [0.15, 0.2) is 0 Å². The second-order valence-electron chi connectivity index (χ2n) is 6.58. The third kappa shape index (κ3) is 5.56. The van der Waals surface area contributed by atoms with Gasteiger partial charge in [0.05, 0.1) is 15.3 Å². The number of carbonyl (C=O) groups excluding carboxylic acids is 1. The molecule has 0 aliphatic carbocycles. The van der Waals surface area contributed by atoms with Gasteiger partial charge in [-0.1, -0.05) is 45.0 Å². The Kier molecular flexibility index (Phi) is 7.47. The van der Waals surface area contributed by atoms with Gasteiger partial charge in [0.2, 0.25) is 5.91 Å². The third-order valence-corrected chi connectivity index (χ3v) is 5.78. The fourth-order valence-corrected chi connectivity index (χ4v) is 3.23. The lowest BCUT2D eigenvalue weighted by Crippen LogP contribution is -2.29. The molecule has 1 heterocycles. The van der Waals surface area contributed by atoms with Crippen LogP contribution in [0.15, 0.2) is 30.5 Å². The molecule has 1 N–H and O–H groups in total. The van der Waals surface area contributed by atoms with Crippen LogP contribution in [0.3, 0.4) is 0 Å². The van der Waals surface area contributed by atoms with Crippen molar-refractivity contribution in [1.82, 2.24) is 15.1 Å². The number of hydrogen-bond acceptors (Lipinski definition) is 2. The van der Waals surface area contributed by atoms with Crippen molar-refractivity contribution in [2.75, 3.05) is 0 Å². The number of carbonyl (C=O) groups is 1. The first-order chi connectivity index (χ1) is 11.9. The van der Waals surface area contributed by atoms with Crippen LogP contribution < -0.4 is 5.32 Å². The molecule has 2 aromatic rings. The zero-order valence-corrected chi connectivity index (χ0v) is 17.7. The van der Waals surface area contributed by atoms with Gasteiger partial charge in [-0.25, -0.2) is 0 Å². The molecule has 2 unspecified atom stereocenters. The molecule has 1 aromatic heterocycles. The number of aryl methyl sites for hydroxylation is 2. The number of nitrogens with one attached hydrogen (secondary N) is 1. The number of benzene rings is 1. The summed E-state index contributed by atoms with van der Waals surface area (Å²) in [6.07, 6.45) is 4.44. The zero-order valence-electron chi connectivity index (χ0n) is 15.6. The van der Waals surface area contributed by atoms with Crippen LogP contribution in [0.5, 0.6) is 0 Å². The highest BCUT2D eigenvalue weighted by atomic mass is 127. The fraction of sp³-hybridized carbons (Fsp3) is 0.500. The van der Waals surface area contributed by atoms with E-state index in [4.69, 9.17) is 0 Å². The van der Waals surface area contributed by atoms with Gasteiger partial charge < -0.3 is 5.32 Å². The van der Waals surface area contributed by atoms with Crippen LogP contribution in [-0.4, -0.2) is 15.7 Å². The molecule has 25 heavy (non-hydrogen) atoms. The summed E-state index contributed by atoms with van der Waals surface area (Å²) in [6, 6.07) is 8.74. The van der Waals surface area contributed by atoms with E-state index in [1.165, 1.54) is 11.1 Å². The third-order valence-electron chi connectivity index (χ3n) is 4.72. The van der Waals surface area contributed by atoms with Gasteiger partial charge in [-0.05, 0) is 59.4 Å². The van der Waals surface area contributed by atoms with Gasteiger partial charge in [-0.15, -0.1) is 0 Å². The van der Waals surface area contributed by atoms with Gasteiger partial charge in [-0.2, -0.15) is 5.10 Å². The van der Waals surface area contributed by atoms with Crippen LogP contribution in [0.1, 0.15) is 68.8 Å². The van der Waals surface area contributed by atoms with E-state index in [9.17, 15) is 4.79 Å². The van der Waals surface area contributed by atoms with Crippen molar-refractivity contribution in [2.24, 2.45) is 0 Å².